The van der Waals surface area contributed by atoms with Crippen molar-refractivity contribution >= 4 is 40.9 Å². The van der Waals surface area contributed by atoms with Crippen molar-refractivity contribution in [1.82, 2.24) is 10.2 Å². The zero-order valence-electron chi connectivity index (χ0n) is 15.4. The second kappa shape index (κ2) is 8.15. The molecule has 7 heteroatoms. The Morgan fingerprint density at radius 1 is 1.33 bits per heavy atom. The highest BCUT2D eigenvalue weighted by Crippen LogP contribution is 2.26. The number of ether oxygens (including phenoxy) is 1. The molecule has 0 radical (unpaired) electrons. The van der Waals surface area contributed by atoms with Gasteiger partial charge in [-0.25, -0.2) is 0 Å². The maximum atomic E-state index is 12.5. The zero-order valence-corrected chi connectivity index (χ0v) is 17.0. The molecule has 0 aliphatic carbocycles. The number of carbonyl (C=O) groups excluding carboxylic acids is 1. The molecular formula is C20H21ClN2O3S. The first-order valence-electron chi connectivity index (χ1n) is 8.66. The lowest BCUT2D eigenvalue weighted by atomic mass is 10.2. The number of amides is 1. The maximum absolute atomic E-state index is 12.5. The molecule has 1 amide bonds. The van der Waals surface area contributed by atoms with Crippen LogP contribution in [0.4, 0.5) is 0 Å². The Morgan fingerprint density at radius 2 is 2.11 bits per heavy atom. The lowest BCUT2D eigenvalue weighted by Gasteiger charge is -2.15. The van der Waals surface area contributed by atoms with E-state index in [1.165, 1.54) is 0 Å². The number of nitrogens with one attached hydrogen (secondary N) is 1. The molecule has 0 atom stereocenters. The van der Waals surface area contributed by atoms with Crippen molar-refractivity contribution in [3.63, 3.8) is 0 Å². The quantitative estimate of drug-likeness (QED) is 0.566. The van der Waals surface area contributed by atoms with Gasteiger partial charge in [0, 0.05) is 23.2 Å². The molecule has 1 fully saturated rings. The number of furan rings is 1. The van der Waals surface area contributed by atoms with Crippen LogP contribution in [0, 0.1) is 12.8 Å². The molecule has 1 N–H and O–H groups in total. The van der Waals surface area contributed by atoms with Gasteiger partial charge in [-0.1, -0.05) is 31.5 Å². The fourth-order valence-corrected chi connectivity index (χ4v) is 3.12. The van der Waals surface area contributed by atoms with Crippen LogP contribution in [0.2, 0.25) is 5.02 Å². The summed E-state index contributed by atoms with van der Waals surface area (Å²) < 4.78 is 11.5. The van der Waals surface area contributed by atoms with E-state index in [9.17, 15) is 4.79 Å². The van der Waals surface area contributed by atoms with Crippen LogP contribution in [0.25, 0.3) is 6.08 Å². The molecule has 142 valence electrons. The number of rotatable bonds is 6. The van der Waals surface area contributed by atoms with E-state index in [-0.39, 0.29) is 12.5 Å². The molecule has 2 aromatic rings. The van der Waals surface area contributed by atoms with E-state index in [1.54, 1.807) is 17.0 Å². The van der Waals surface area contributed by atoms with E-state index in [0.29, 0.717) is 45.6 Å². The van der Waals surface area contributed by atoms with Gasteiger partial charge in [-0.3, -0.25) is 9.69 Å². The van der Waals surface area contributed by atoms with E-state index in [2.05, 4.69) is 5.32 Å². The van der Waals surface area contributed by atoms with Gasteiger partial charge in [0.15, 0.2) is 5.11 Å². The van der Waals surface area contributed by atoms with Crippen LogP contribution in [-0.4, -0.2) is 22.5 Å². The van der Waals surface area contributed by atoms with Crippen molar-refractivity contribution < 1.29 is 13.9 Å². The minimum Gasteiger partial charge on any atom is -0.485 e. The predicted molar refractivity (Wildman–Crippen MR) is 109 cm³/mol. The number of thiocarbonyl (C=S) groups is 1. The molecule has 0 spiro atoms. The maximum Gasteiger partial charge on any atom is 0.276 e. The van der Waals surface area contributed by atoms with Crippen molar-refractivity contribution in [2.24, 2.45) is 5.92 Å². The topological polar surface area (TPSA) is 54.7 Å². The van der Waals surface area contributed by atoms with Gasteiger partial charge in [-0.2, -0.15) is 0 Å². The minimum absolute atomic E-state index is 0.141. The summed E-state index contributed by atoms with van der Waals surface area (Å²) in [6, 6.07) is 9.12. The highest BCUT2D eigenvalue weighted by atomic mass is 35.5. The number of nitrogens with zero attached hydrogens (tertiary/aromatic N) is 1. The number of hydrogen-bond acceptors (Lipinski definition) is 4. The molecule has 5 nitrogen and oxygen atoms in total. The standard InChI is InChI=1S/C20H21ClN2O3S/c1-12(2)10-23-19(24)17(22-20(23)27)9-14-7-8-15(26-14)11-25-18-6-4-5-16(21)13(18)3/h4-9,12H,10-11H2,1-3H3,(H,22,27)/b17-9+. The predicted octanol–water partition coefficient (Wildman–Crippen LogP) is 4.53. The van der Waals surface area contributed by atoms with Crippen LogP contribution in [0.3, 0.4) is 0 Å². The Hall–Kier alpha value is -2.31. The summed E-state index contributed by atoms with van der Waals surface area (Å²) >= 11 is 11.3. The van der Waals surface area contributed by atoms with E-state index in [4.69, 9.17) is 33.0 Å². The molecule has 1 aromatic heterocycles. The van der Waals surface area contributed by atoms with E-state index in [1.807, 2.05) is 45.0 Å². The first kappa shape index (κ1) is 19.5. The average Bonchev–Trinajstić information content (AvgIpc) is 3.16. The number of halogens is 1. The monoisotopic (exact) mass is 404 g/mol. The molecule has 1 saturated heterocycles. The Kier molecular flexibility index (Phi) is 5.87. The third-order valence-corrected chi connectivity index (χ3v) is 4.80. The van der Waals surface area contributed by atoms with Gasteiger partial charge >= 0.3 is 0 Å². The molecule has 27 heavy (non-hydrogen) atoms. The molecule has 2 heterocycles. The van der Waals surface area contributed by atoms with Gasteiger partial charge in [-0.15, -0.1) is 0 Å². The molecular weight excluding hydrogens is 384 g/mol. The number of carbonyl (C=O) groups is 1. The second-order valence-corrected chi connectivity index (χ2v) is 7.55. The fourth-order valence-electron chi connectivity index (χ4n) is 2.69. The van der Waals surface area contributed by atoms with E-state index < -0.39 is 0 Å². The van der Waals surface area contributed by atoms with E-state index in [0.717, 1.165) is 5.56 Å². The van der Waals surface area contributed by atoms with Crippen LogP contribution >= 0.6 is 23.8 Å². The van der Waals surface area contributed by atoms with Crippen molar-refractivity contribution in [1.29, 1.82) is 0 Å². The Morgan fingerprint density at radius 3 is 2.85 bits per heavy atom. The minimum atomic E-state index is -0.141. The van der Waals surface area contributed by atoms with Crippen molar-refractivity contribution in [2.45, 2.75) is 27.4 Å². The van der Waals surface area contributed by atoms with Gasteiger partial charge in [0.2, 0.25) is 0 Å². The van der Waals surface area contributed by atoms with Gasteiger partial charge in [0.25, 0.3) is 5.91 Å². The Bertz CT molecular complexity index is 904. The fraction of sp³-hybridized carbons (Fsp3) is 0.300. The van der Waals surface area contributed by atoms with Crippen LogP contribution in [-0.2, 0) is 11.4 Å². The lowest BCUT2D eigenvalue weighted by Crippen LogP contribution is -2.33. The summed E-state index contributed by atoms with van der Waals surface area (Å²) in [5.74, 6) is 2.10. The molecule has 1 aliphatic heterocycles. The largest absolute Gasteiger partial charge is 0.485 e. The molecule has 0 unspecified atom stereocenters. The highest BCUT2D eigenvalue weighted by molar-refractivity contribution is 7.80. The smallest absolute Gasteiger partial charge is 0.276 e. The molecule has 1 aromatic carbocycles. The number of hydrogen-bond donors (Lipinski definition) is 1. The van der Waals surface area contributed by atoms with Crippen LogP contribution < -0.4 is 10.1 Å². The average molecular weight is 405 g/mol. The van der Waals surface area contributed by atoms with Crippen LogP contribution in [0.5, 0.6) is 5.75 Å². The second-order valence-electron chi connectivity index (χ2n) is 6.75. The van der Waals surface area contributed by atoms with Gasteiger partial charge in [0.05, 0.1) is 0 Å². The third-order valence-electron chi connectivity index (χ3n) is 4.07. The van der Waals surface area contributed by atoms with Gasteiger partial charge in [-0.05, 0) is 49.3 Å². The highest BCUT2D eigenvalue weighted by Gasteiger charge is 2.31. The Balaban J connectivity index is 1.67. The summed E-state index contributed by atoms with van der Waals surface area (Å²) in [5, 5.41) is 4.03. The summed E-state index contributed by atoms with van der Waals surface area (Å²) in [4.78, 5) is 14.0. The molecule has 0 bridgehead atoms. The van der Waals surface area contributed by atoms with Gasteiger partial charge in [0.1, 0.15) is 29.6 Å². The van der Waals surface area contributed by atoms with Gasteiger partial charge < -0.3 is 14.5 Å². The third kappa shape index (κ3) is 4.51. The summed E-state index contributed by atoms with van der Waals surface area (Å²) in [6.07, 6.45) is 1.66. The van der Waals surface area contributed by atoms with Crippen LogP contribution in [0.1, 0.15) is 30.9 Å². The first-order valence-corrected chi connectivity index (χ1v) is 9.45. The number of benzene rings is 1. The SMILES string of the molecule is Cc1c(Cl)cccc1OCc1ccc(/C=C2/NC(=S)N(CC(C)C)C2=O)o1. The van der Waals surface area contributed by atoms with Crippen molar-refractivity contribution in [3.8, 4) is 5.75 Å². The molecule has 0 saturated carbocycles. The summed E-state index contributed by atoms with van der Waals surface area (Å²) in [7, 11) is 0. The summed E-state index contributed by atoms with van der Waals surface area (Å²) in [5.41, 5.74) is 1.29. The normalized spacial score (nSPS) is 15.7. The lowest BCUT2D eigenvalue weighted by molar-refractivity contribution is -0.122. The van der Waals surface area contributed by atoms with Crippen LogP contribution in [0.15, 0.2) is 40.4 Å². The van der Waals surface area contributed by atoms with Crippen molar-refractivity contribution in [3.05, 3.63) is 58.1 Å². The molecule has 3 rings (SSSR count). The molecule has 1 aliphatic rings. The Labute approximate surface area is 168 Å². The van der Waals surface area contributed by atoms with E-state index >= 15 is 0 Å². The first-order chi connectivity index (χ1) is 12.8. The van der Waals surface area contributed by atoms with Crippen molar-refractivity contribution in [2.75, 3.05) is 6.54 Å². The zero-order chi connectivity index (χ0) is 19.6. The summed E-state index contributed by atoms with van der Waals surface area (Å²) in [6.45, 7) is 6.83.